The van der Waals surface area contributed by atoms with Crippen molar-refractivity contribution in [1.29, 1.82) is 0 Å². The van der Waals surface area contributed by atoms with Gasteiger partial charge in [-0.05, 0) is 72.4 Å². The number of para-hydroxylation sites is 1. The fourth-order valence-corrected chi connectivity index (χ4v) is 6.13. The van der Waals surface area contributed by atoms with Gasteiger partial charge in [-0.25, -0.2) is 0 Å². The van der Waals surface area contributed by atoms with Crippen LogP contribution in [0.5, 0.6) is 5.75 Å². The highest BCUT2D eigenvalue weighted by molar-refractivity contribution is 9.10. The number of rotatable bonds is 6. The van der Waals surface area contributed by atoms with Gasteiger partial charge in [-0.15, -0.1) is 0 Å². The quantitative estimate of drug-likeness (QED) is 0.248. The third-order valence-electron chi connectivity index (χ3n) is 7.60. The normalized spacial score (nSPS) is 14.9. The van der Waals surface area contributed by atoms with E-state index in [1.165, 1.54) is 0 Å². The zero-order chi connectivity index (χ0) is 26.9. The number of halogens is 1. The number of ether oxygens (including phenoxy) is 2. The van der Waals surface area contributed by atoms with Gasteiger partial charge < -0.3 is 18.9 Å². The Hall–Kier alpha value is -3.58. The van der Waals surface area contributed by atoms with Crippen LogP contribution in [0.15, 0.2) is 77.3 Å². The molecular weight excluding hydrogens is 544 g/mol. The maximum Gasteiger partial charge on any atom is 0.316 e. The molecule has 1 aliphatic rings. The Bertz CT molecular complexity index is 1470. The van der Waals surface area contributed by atoms with Crippen molar-refractivity contribution in [3.8, 4) is 11.4 Å². The van der Waals surface area contributed by atoms with Gasteiger partial charge in [-0.2, -0.15) is 0 Å². The molecule has 0 unspecified atom stereocenters. The summed E-state index contributed by atoms with van der Waals surface area (Å²) in [6, 6.07) is 23.8. The summed E-state index contributed by atoms with van der Waals surface area (Å²) in [7, 11) is 1.62. The Kier molecular flexibility index (Phi) is 7.30. The average Bonchev–Trinajstić information content (AvgIpc) is 3.23. The molecule has 0 bridgehead atoms. The number of benzene rings is 3. The average molecular weight is 576 g/mol. The van der Waals surface area contributed by atoms with Crippen LogP contribution in [0.4, 0.5) is 0 Å². The monoisotopic (exact) mass is 574 g/mol. The Morgan fingerprint density at radius 1 is 0.974 bits per heavy atom. The summed E-state index contributed by atoms with van der Waals surface area (Å²) >= 11 is 3.62. The molecule has 1 amide bonds. The summed E-state index contributed by atoms with van der Waals surface area (Å²) in [6.45, 7) is 5.05. The van der Waals surface area contributed by atoms with Crippen molar-refractivity contribution in [1.82, 2.24) is 9.47 Å². The van der Waals surface area contributed by atoms with Crippen molar-refractivity contribution in [2.24, 2.45) is 0 Å². The fourth-order valence-electron chi connectivity index (χ4n) is 5.64. The van der Waals surface area contributed by atoms with E-state index < -0.39 is 5.41 Å². The molecule has 1 aromatic heterocycles. The molecule has 0 N–H and O–H groups in total. The van der Waals surface area contributed by atoms with Crippen molar-refractivity contribution < 1.29 is 19.1 Å². The minimum absolute atomic E-state index is 0.0444. The first-order chi connectivity index (χ1) is 18.4. The number of likely N-dealkylation sites (tertiary alicyclic amines) is 1. The van der Waals surface area contributed by atoms with Crippen molar-refractivity contribution in [3.63, 3.8) is 0 Å². The molecule has 5 rings (SSSR count). The van der Waals surface area contributed by atoms with Crippen LogP contribution in [-0.2, 0) is 14.9 Å². The SMILES string of the molecule is CCOC(=O)C1(c2ccccc2)CCN(C(=O)c2c(C)n(-c3ccccc3)c3cc(Br)c(OC)cc23)CC1. The molecule has 1 saturated heterocycles. The number of aromatic nitrogens is 1. The van der Waals surface area contributed by atoms with Crippen LogP contribution in [0.1, 0.15) is 41.4 Å². The van der Waals surface area contributed by atoms with E-state index in [0.717, 1.165) is 32.3 Å². The Balaban J connectivity index is 1.54. The number of fused-ring (bicyclic) bond motifs is 1. The molecule has 7 heteroatoms. The van der Waals surface area contributed by atoms with E-state index in [4.69, 9.17) is 9.47 Å². The zero-order valence-corrected chi connectivity index (χ0v) is 23.5. The molecule has 1 aliphatic heterocycles. The summed E-state index contributed by atoms with van der Waals surface area (Å²) in [5, 5.41) is 0.835. The van der Waals surface area contributed by atoms with Crippen LogP contribution >= 0.6 is 15.9 Å². The minimum Gasteiger partial charge on any atom is -0.496 e. The Morgan fingerprint density at radius 2 is 1.61 bits per heavy atom. The lowest BCUT2D eigenvalue weighted by molar-refractivity contribution is -0.152. The van der Waals surface area contributed by atoms with Gasteiger partial charge in [0.1, 0.15) is 5.75 Å². The summed E-state index contributed by atoms with van der Waals surface area (Å²) in [5.74, 6) is 0.405. The number of carbonyl (C=O) groups is 2. The van der Waals surface area contributed by atoms with Crippen LogP contribution < -0.4 is 4.74 Å². The molecule has 4 aromatic rings. The number of hydrogen-bond acceptors (Lipinski definition) is 4. The molecule has 0 saturated carbocycles. The van der Waals surface area contributed by atoms with E-state index in [1.54, 1.807) is 7.11 Å². The van der Waals surface area contributed by atoms with Crippen LogP contribution in [0.2, 0.25) is 0 Å². The first-order valence-corrected chi connectivity index (χ1v) is 13.7. The van der Waals surface area contributed by atoms with E-state index in [2.05, 4.69) is 20.5 Å². The molecule has 38 heavy (non-hydrogen) atoms. The zero-order valence-electron chi connectivity index (χ0n) is 21.9. The van der Waals surface area contributed by atoms with Gasteiger partial charge in [-0.3, -0.25) is 9.59 Å². The largest absolute Gasteiger partial charge is 0.496 e. The van der Waals surface area contributed by atoms with Crippen LogP contribution in [0, 0.1) is 6.92 Å². The summed E-state index contributed by atoms with van der Waals surface area (Å²) in [5.41, 5.74) is 3.61. The number of amides is 1. The molecule has 0 atom stereocenters. The summed E-state index contributed by atoms with van der Waals surface area (Å²) in [6.07, 6.45) is 1.01. The molecule has 2 heterocycles. The number of esters is 1. The highest BCUT2D eigenvalue weighted by atomic mass is 79.9. The summed E-state index contributed by atoms with van der Waals surface area (Å²) in [4.78, 5) is 29.2. The Morgan fingerprint density at radius 3 is 2.21 bits per heavy atom. The fraction of sp³-hybridized carbons (Fsp3) is 0.290. The third-order valence-corrected chi connectivity index (χ3v) is 8.22. The van der Waals surface area contributed by atoms with Crippen LogP contribution in [0.3, 0.4) is 0 Å². The van der Waals surface area contributed by atoms with Gasteiger partial charge in [-0.1, -0.05) is 48.5 Å². The van der Waals surface area contributed by atoms with E-state index in [-0.39, 0.29) is 11.9 Å². The second kappa shape index (κ2) is 10.7. The molecule has 0 aliphatic carbocycles. The van der Waals surface area contributed by atoms with Gasteiger partial charge in [0.25, 0.3) is 5.91 Å². The predicted molar refractivity (Wildman–Crippen MR) is 152 cm³/mol. The molecule has 0 radical (unpaired) electrons. The molecule has 196 valence electrons. The summed E-state index contributed by atoms with van der Waals surface area (Å²) < 4.78 is 14.0. The predicted octanol–water partition coefficient (Wildman–Crippen LogP) is 6.45. The highest BCUT2D eigenvalue weighted by Gasteiger charge is 2.45. The number of piperidine rings is 1. The smallest absolute Gasteiger partial charge is 0.316 e. The highest BCUT2D eigenvalue weighted by Crippen LogP contribution is 2.40. The van der Waals surface area contributed by atoms with E-state index >= 15 is 0 Å². The maximum absolute atomic E-state index is 14.2. The topological polar surface area (TPSA) is 60.8 Å². The number of methoxy groups -OCH3 is 1. The number of carbonyl (C=O) groups excluding carboxylic acids is 2. The first kappa shape index (κ1) is 26.0. The lowest BCUT2D eigenvalue weighted by Gasteiger charge is -2.40. The van der Waals surface area contributed by atoms with E-state index in [9.17, 15) is 9.59 Å². The molecule has 1 fully saturated rings. The number of nitrogens with zero attached hydrogens (tertiary/aromatic N) is 2. The Labute approximate surface area is 231 Å². The van der Waals surface area contributed by atoms with Crippen LogP contribution in [0.25, 0.3) is 16.6 Å². The second-order valence-electron chi connectivity index (χ2n) is 9.60. The van der Waals surface area contributed by atoms with Gasteiger partial charge >= 0.3 is 5.97 Å². The maximum atomic E-state index is 14.2. The van der Waals surface area contributed by atoms with E-state index in [1.807, 2.05) is 91.5 Å². The second-order valence-corrected chi connectivity index (χ2v) is 10.5. The van der Waals surface area contributed by atoms with Crippen molar-refractivity contribution in [2.45, 2.75) is 32.1 Å². The third kappa shape index (κ3) is 4.39. The van der Waals surface area contributed by atoms with Gasteiger partial charge in [0, 0.05) is 29.9 Å². The molecule has 3 aromatic carbocycles. The van der Waals surface area contributed by atoms with Crippen LogP contribution in [-0.4, -0.2) is 48.1 Å². The lowest BCUT2D eigenvalue weighted by atomic mass is 9.72. The van der Waals surface area contributed by atoms with Crippen molar-refractivity contribution >= 4 is 38.7 Å². The number of hydrogen-bond donors (Lipinski definition) is 0. The van der Waals surface area contributed by atoms with Crippen molar-refractivity contribution in [2.75, 3.05) is 26.8 Å². The molecular formula is C31H31BrN2O4. The minimum atomic E-state index is -0.755. The van der Waals surface area contributed by atoms with Gasteiger partial charge in [0.15, 0.2) is 0 Å². The first-order valence-electron chi connectivity index (χ1n) is 12.9. The standard InChI is InChI=1S/C31H31BrN2O4/c1-4-38-30(36)31(22-11-7-5-8-12-22)15-17-33(18-16-31)29(35)28-21(2)34(23-13-9-6-10-14-23)26-20-25(32)27(37-3)19-24(26)28/h5-14,19-20H,4,15-18H2,1-3H3. The molecule has 0 spiro atoms. The molecule has 6 nitrogen and oxygen atoms in total. The van der Waals surface area contributed by atoms with Gasteiger partial charge in [0.2, 0.25) is 0 Å². The van der Waals surface area contributed by atoms with E-state index in [0.29, 0.717) is 43.9 Å². The van der Waals surface area contributed by atoms with Crippen molar-refractivity contribution in [3.05, 3.63) is 94.1 Å². The lowest BCUT2D eigenvalue weighted by Crippen LogP contribution is -2.49. The van der Waals surface area contributed by atoms with Gasteiger partial charge in [0.05, 0.1) is 34.7 Å².